The lowest BCUT2D eigenvalue weighted by molar-refractivity contribution is -0.118. The van der Waals surface area contributed by atoms with Crippen molar-refractivity contribution in [2.24, 2.45) is 0 Å². The molecule has 1 aromatic rings. The second kappa shape index (κ2) is 5.21. The molecule has 0 bridgehead atoms. The van der Waals surface area contributed by atoms with Crippen molar-refractivity contribution in [3.63, 3.8) is 0 Å². The van der Waals surface area contributed by atoms with Crippen molar-refractivity contribution in [2.75, 3.05) is 24.3 Å². The number of hydrogen-bond acceptors (Lipinski definition) is 2. The number of amides is 1. The number of alkyl halides is 1. The average Bonchev–Trinajstić information content (AvgIpc) is 2.35. The van der Waals surface area contributed by atoms with E-state index in [1.54, 1.807) is 0 Å². The van der Waals surface area contributed by atoms with Crippen LogP contribution in [0, 0.1) is 0 Å². The van der Waals surface area contributed by atoms with Crippen molar-refractivity contribution < 1.29 is 4.79 Å². The summed E-state index contributed by atoms with van der Waals surface area (Å²) in [5.74, 6) is 0.328. The molecule has 1 heterocycles. The third-order valence-corrected chi connectivity index (χ3v) is 3.12. The molecule has 0 fully saturated rings. The number of hydrogen-bond donors (Lipinski definition) is 2. The van der Waals surface area contributed by atoms with Crippen molar-refractivity contribution in [1.82, 2.24) is 5.32 Å². The Labute approximate surface area is 100 Å². The monoisotopic (exact) mass is 238 g/mol. The summed E-state index contributed by atoms with van der Waals surface area (Å²) in [4.78, 5) is 11.1. The van der Waals surface area contributed by atoms with Crippen molar-refractivity contribution in [3.05, 3.63) is 29.8 Å². The van der Waals surface area contributed by atoms with E-state index < -0.39 is 0 Å². The second-order valence-electron chi connectivity index (χ2n) is 3.94. The predicted octanol–water partition coefficient (Wildman–Crippen LogP) is 1.94. The molecule has 2 N–H and O–H groups in total. The van der Waals surface area contributed by atoms with E-state index >= 15 is 0 Å². The molecule has 4 heteroatoms. The van der Waals surface area contributed by atoms with Gasteiger partial charge in [-0.25, -0.2) is 0 Å². The lowest BCUT2D eigenvalue weighted by atomic mass is 9.91. The summed E-state index contributed by atoms with van der Waals surface area (Å²) in [5, 5.41) is 6.20. The third-order valence-electron chi connectivity index (χ3n) is 2.88. The molecule has 1 aromatic carbocycles. The summed E-state index contributed by atoms with van der Waals surface area (Å²) in [7, 11) is 0. The third kappa shape index (κ3) is 2.47. The van der Waals surface area contributed by atoms with E-state index in [4.69, 9.17) is 11.6 Å². The number of carbonyl (C=O) groups excluding carboxylic acids is 1. The molecule has 1 atom stereocenters. The highest BCUT2D eigenvalue weighted by molar-refractivity contribution is 6.27. The molecule has 86 valence electrons. The zero-order valence-corrected chi connectivity index (χ0v) is 9.76. The molecule has 1 unspecified atom stereocenters. The molecule has 3 nitrogen and oxygen atoms in total. The molecule has 0 spiro atoms. The number of rotatable bonds is 3. The van der Waals surface area contributed by atoms with Crippen LogP contribution in [-0.2, 0) is 4.79 Å². The van der Waals surface area contributed by atoms with Crippen molar-refractivity contribution in [2.45, 2.75) is 12.3 Å². The fraction of sp³-hybridized carbons (Fsp3) is 0.417. The van der Waals surface area contributed by atoms with E-state index in [1.165, 1.54) is 11.3 Å². The van der Waals surface area contributed by atoms with Gasteiger partial charge in [-0.15, -0.1) is 11.6 Å². The summed E-state index contributed by atoms with van der Waals surface area (Å²) < 4.78 is 0. The maximum Gasteiger partial charge on any atom is 0.234 e. The van der Waals surface area contributed by atoms with Gasteiger partial charge in [0.15, 0.2) is 0 Å². The smallest absolute Gasteiger partial charge is 0.234 e. The van der Waals surface area contributed by atoms with Gasteiger partial charge in [-0.3, -0.25) is 4.79 Å². The molecule has 16 heavy (non-hydrogen) atoms. The lowest BCUT2D eigenvalue weighted by Gasteiger charge is -2.26. The number of benzene rings is 1. The highest BCUT2D eigenvalue weighted by atomic mass is 35.5. The van der Waals surface area contributed by atoms with Crippen molar-refractivity contribution in [3.8, 4) is 0 Å². The van der Waals surface area contributed by atoms with Gasteiger partial charge in [-0.1, -0.05) is 18.2 Å². The van der Waals surface area contributed by atoms with Crippen LogP contribution in [0.3, 0.4) is 0 Å². The van der Waals surface area contributed by atoms with Gasteiger partial charge in [-0.2, -0.15) is 0 Å². The largest absolute Gasteiger partial charge is 0.385 e. The van der Waals surface area contributed by atoms with Crippen LogP contribution in [0.5, 0.6) is 0 Å². The average molecular weight is 239 g/mol. The van der Waals surface area contributed by atoms with Crippen LogP contribution in [0.4, 0.5) is 5.69 Å². The van der Waals surface area contributed by atoms with Gasteiger partial charge in [-0.05, 0) is 18.1 Å². The van der Waals surface area contributed by atoms with Gasteiger partial charge in [0.1, 0.15) is 5.88 Å². The Morgan fingerprint density at radius 2 is 2.31 bits per heavy atom. The van der Waals surface area contributed by atoms with Gasteiger partial charge in [0.2, 0.25) is 5.91 Å². The number of fused-ring (bicyclic) bond motifs is 1. The Kier molecular flexibility index (Phi) is 3.67. The highest BCUT2D eigenvalue weighted by Gasteiger charge is 2.19. The van der Waals surface area contributed by atoms with Crippen LogP contribution in [0.15, 0.2) is 24.3 Å². The van der Waals surface area contributed by atoms with E-state index in [0.717, 1.165) is 13.0 Å². The van der Waals surface area contributed by atoms with Crippen LogP contribution in [0.2, 0.25) is 0 Å². The normalized spacial score (nSPS) is 18.4. The zero-order valence-electron chi connectivity index (χ0n) is 9.00. The lowest BCUT2D eigenvalue weighted by Crippen LogP contribution is -2.31. The standard InChI is InChI=1S/C12H15ClN2O/c13-7-12(16)15-8-9-5-6-14-11-4-2-1-3-10(9)11/h1-4,9,14H,5-8H2,(H,15,16). The number of halogens is 1. The summed E-state index contributed by atoms with van der Waals surface area (Å²) in [6.07, 6.45) is 1.04. The van der Waals surface area contributed by atoms with Gasteiger partial charge in [0.05, 0.1) is 0 Å². The first-order chi connectivity index (χ1) is 7.81. The summed E-state index contributed by atoms with van der Waals surface area (Å²) in [5.41, 5.74) is 2.46. The van der Waals surface area contributed by atoms with Crippen LogP contribution < -0.4 is 10.6 Å². The minimum absolute atomic E-state index is 0.0343. The first-order valence-corrected chi connectivity index (χ1v) is 6.00. The first kappa shape index (κ1) is 11.3. The van der Waals surface area contributed by atoms with Gasteiger partial charge < -0.3 is 10.6 Å². The Balaban J connectivity index is 2.04. The quantitative estimate of drug-likeness (QED) is 0.791. The van der Waals surface area contributed by atoms with Gasteiger partial charge in [0, 0.05) is 24.7 Å². The molecule has 0 aromatic heterocycles. The maximum absolute atomic E-state index is 11.1. The molecule has 2 rings (SSSR count). The van der Waals surface area contributed by atoms with Crippen molar-refractivity contribution >= 4 is 23.2 Å². The maximum atomic E-state index is 11.1. The first-order valence-electron chi connectivity index (χ1n) is 5.46. The molecule has 0 saturated carbocycles. The molecule has 1 aliphatic rings. The fourth-order valence-corrected chi connectivity index (χ4v) is 2.14. The van der Waals surface area contributed by atoms with E-state index in [1.807, 2.05) is 12.1 Å². The summed E-state index contributed by atoms with van der Waals surface area (Å²) in [6.45, 7) is 1.63. The molecule has 1 aliphatic heterocycles. The van der Waals surface area contributed by atoms with Gasteiger partial charge >= 0.3 is 0 Å². The predicted molar refractivity (Wildman–Crippen MR) is 66.0 cm³/mol. The minimum atomic E-state index is -0.0994. The van der Waals surface area contributed by atoms with Crippen LogP contribution in [0.25, 0.3) is 0 Å². The molecule has 0 saturated heterocycles. The molecular formula is C12H15ClN2O. The number of anilines is 1. The molecule has 0 aliphatic carbocycles. The number of nitrogens with one attached hydrogen (secondary N) is 2. The SMILES string of the molecule is O=C(CCl)NCC1CCNc2ccccc21. The zero-order chi connectivity index (χ0) is 11.4. The molecular weight excluding hydrogens is 224 g/mol. The Bertz CT molecular complexity index is 381. The Hall–Kier alpha value is -1.22. The van der Waals surface area contributed by atoms with Gasteiger partial charge in [0.25, 0.3) is 0 Å². The van der Waals surface area contributed by atoms with E-state index in [0.29, 0.717) is 12.5 Å². The van der Waals surface area contributed by atoms with Crippen LogP contribution in [-0.4, -0.2) is 24.9 Å². The van der Waals surface area contributed by atoms with Crippen molar-refractivity contribution in [1.29, 1.82) is 0 Å². The summed E-state index contributed by atoms with van der Waals surface area (Å²) in [6, 6.07) is 8.23. The minimum Gasteiger partial charge on any atom is -0.385 e. The Morgan fingerprint density at radius 3 is 3.12 bits per heavy atom. The van der Waals surface area contributed by atoms with E-state index in [-0.39, 0.29) is 11.8 Å². The van der Waals surface area contributed by atoms with Crippen LogP contribution in [0.1, 0.15) is 17.9 Å². The van der Waals surface area contributed by atoms with Crippen LogP contribution >= 0.6 is 11.6 Å². The second-order valence-corrected chi connectivity index (χ2v) is 4.20. The topological polar surface area (TPSA) is 41.1 Å². The van der Waals surface area contributed by atoms with E-state index in [9.17, 15) is 4.79 Å². The number of para-hydroxylation sites is 1. The Morgan fingerprint density at radius 1 is 1.50 bits per heavy atom. The molecule has 0 radical (unpaired) electrons. The summed E-state index contributed by atoms with van der Waals surface area (Å²) >= 11 is 5.45. The number of carbonyl (C=O) groups is 1. The highest BCUT2D eigenvalue weighted by Crippen LogP contribution is 2.30. The fourth-order valence-electron chi connectivity index (χ4n) is 2.05. The van der Waals surface area contributed by atoms with E-state index in [2.05, 4.69) is 22.8 Å². The molecule has 1 amide bonds.